The van der Waals surface area contributed by atoms with Crippen LogP contribution in [0.5, 0.6) is 0 Å². The van der Waals surface area contributed by atoms with E-state index in [2.05, 4.69) is 38.4 Å². The fourth-order valence-corrected chi connectivity index (χ4v) is 2.20. The predicted molar refractivity (Wildman–Crippen MR) is 68.2 cm³/mol. The highest BCUT2D eigenvalue weighted by Gasteiger charge is 2.10. The molecule has 0 radical (unpaired) electrons. The second-order valence-corrected chi connectivity index (χ2v) is 5.20. The normalized spacial score (nSPS) is 12.6. The van der Waals surface area contributed by atoms with E-state index in [9.17, 15) is 0 Å². The third-order valence-electron chi connectivity index (χ3n) is 1.93. The zero-order valence-corrected chi connectivity index (χ0v) is 11.2. The fraction of sp³-hybridized carbons (Fsp3) is 0.273. The molecule has 0 aliphatic carbocycles. The Balaban J connectivity index is 2.93. The maximum Gasteiger partial charge on any atom is 0.0343 e. The Morgan fingerprint density at radius 2 is 2.14 bits per heavy atom. The lowest BCUT2D eigenvalue weighted by molar-refractivity contribution is 0.713. The van der Waals surface area contributed by atoms with Crippen LogP contribution in [-0.4, -0.2) is 0 Å². The van der Waals surface area contributed by atoms with Gasteiger partial charge in [-0.25, -0.2) is 0 Å². The minimum atomic E-state index is 0.0133. The Hall–Kier alpha value is -0.120. The summed E-state index contributed by atoms with van der Waals surface area (Å²) in [4.78, 5) is 0. The summed E-state index contributed by atoms with van der Waals surface area (Å²) in [7, 11) is 0. The number of nitrogens with two attached hydrogens (primary N) is 1. The van der Waals surface area contributed by atoms with Gasteiger partial charge in [-0.3, -0.25) is 0 Å². The lowest BCUT2D eigenvalue weighted by Gasteiger charge is -2.14. The second-order valence-electron chi connectivity index (χ2n) is 3.43. The van der Waals surface area contributed by atoms with Gasteiger partial charge in [0.05, 0.1) is 0 Å². The molecule has 0 aliphatic heterocycles. The maximum absolute atomic E-state index is 6.05. The molecule has 1 aromatic rings. The first kappa shape index (κ1) is 12.0. The van der Waals surface area contributed by atoms with Crippen molar-refractivity contribution in [1.29, 1.82) is 0 Å². The molecule has 0 fully saturated rings. The largest absolute Gasteiger partial charge is 0.324 e. The van der Waals surface area contributed by atoms with Gasteiger partial charge in [0.15, 0.2) is 0 Å². The van der Waals surface area contributed by atoms with Crippen molar-refractivity contribution >= 4 is 31.9 Å². The summed E-state index contributed by atoms with van der Waals surface area (Å²) in [5, 5.41) is 0. The van der Waals surface area contributed by atoms with Crippen LogP contribution in [0.1, 0.15) is 24.9 Å². The van der Waals surface area contributed by atoms with E-state index in [4.69, 9.17) is 5.73 Å². The van der Waals surface area contributed by atoms with Crippen molar-refractivity contribution in [3.05, 3.63) is 44.9 Å². The van der Waals surface area contributed by atoms with Crippen molar-refractivity contribution in [3.63, 3.8) is 0 Å². The Morgan fingerprint density at radius 1 is 1.50 bits per heavy atom. The molecule has 1 aromatic carbocycles. The zero-order valence-electron chi connectivity index (χ0n) is 8.06. The number of rotatable bonds is 3. The number of halogens is 2. The van der Waals surface area contributed by atoms with E-state index in [1.54, 1.807) is 0 Å². The molecule has 0 saturated carbocycles. The molecule has 0 unspecified atom stereocenters. The highest BCUT2D eigenvalue weighted by atomic mass is 79.9. The van der Waals surface area contributed by atoms with Gasteiger partial charge in [0, 0.05) is 15.0 Å². The van der Waals surface area contributed by atoms with Gasteiger partial charge < -0.3 is 5.73 Å². The lowest BCUT2D eigenvalue weighted by atomic mass is 10.0. The third-order valence-corrected chi connectivity index (χ3v) is 3.14. The van der Waals surface area contributed by atoms with Gasteiger partial charge in [-0.1, -0.05) is 37.4 Å². The van der Waals surface area contributed by atoms with E-state index < -0.39 is 0 Å². The van der Waals surface area contributed by atoms with E-state index in [-0.39, 0.29) is 6.04 Å². The molecular formula is C11H13Br2N. The summed E-state index contributed by atoms with van der Waals surface area (Å²) in [5.74, 6) is 0. The van der Waals surface area contributed by atoms with Crippen LogP contribution in [0.25, 0.3) is 0 Å². The molecular weight excluding hydrogens is 306 g/mol. The molecule has 1 atom stereocenters. The minimum Gasteiger partial charge on any atom is -0.324 e. The third kappa shape index (κ3) is 3.23. The topological polar surface area (TPSA) is 26.0 Å². The summed E-state index contributed by atoms with van der Waals surface area (Å²) in [6, 6.07) is 6.04. The monoisotopic (exact) mass is 317 g/mol. The summed E-state index contributed by atoms with van der Waals surface area (Å²) in [5.41, 5.74) is 8.27. The maximum atomic E-state index is 6.05. The van der Waals surface area contributed by atoms with Gasteiger partial charge in [-0.05, 0) is 37.1 Å². The summed E-state index contributed by atoms with van der Waals surface area (Å²) < 4.78 is 2.10. The lowest BCUT2D eigenvalue weighted by Crippen LogP contribution is -2.11. The zero-order chi connectivity index (χ0) is 10.7. The molecule has 1 rings (SSSR count). The SMILES string of the molecule is C=C(C)C[C@H](N)c1cc(Br)ccc1Br. The van der Waals surface area contributed by atoms with E-state index in [1.165, 1.54) is 0 Å². The molecule has 0 saturated heterocycles. The fourth-order valence-electron chi connectivity index (χ4n) is 1.28. The predicted octanol–water partition coefficient (Wildman–Crippen LogP) is 4.18. The standard InChI is InChI=1S/C11H13Br2N/c1-7(2)5-11(14)9-6-8(12)3-4-10(9)13/h3-4,6,11H,1,5,14H2,2H3/t11-/m0/s1. The van der Waals surface area contributed by atoms with Gasteiger partial charge in [0.25, 0.3) is 0 Å². The molecule has 3 heteroatoms. The van der Waals surface area contributed by atoms with Crippen LogP contribution >= 0.6 is 31.9 Å². The number of hydrogen-bond donors (Lipinski definition) is 1. The average Bonchev–Trinajstić information content (AvgIpc) is 2.08. The van der Waals surface area contributed by atoms with Crippen molar-refractivity contribution in [2.24, 2.45) is 5.73 Å². The minimum absolute atomic E-state index is 0.0133. The van der Waals surface area contributed by atoms with Crippen LogP contribution in [0.2, 0.25) is 0 Å². The van der Waals surface area contributed by atoms with Crippen LogP contribution in [0, 0.1) is 0 Å². The molecule has 0 heterocycles. The summed E-state index contributed by atoms with van der Waals surface area (Å²) in [6.45, 7) is 5.86. The van der Waals surface area contributed by atoms with Crippen LogP contribution in [-0.2, 0) is 0 Å². The van der Waals surface area contributed by atoms with Gasteiger partial charge in [0.1, 0.15) is 0 Å². The molecule has 1 nitrogen and oxygen atoms in total. The quantitative estimate of drug-likeness (QED) is 0.831. The molecule has 0 aliphatic rings. The van der Waals surface area contributed by atoms with Crippen molar-refractivity contribution in [1.82, 2.24) is 0 Å². The van der Waals surface area contributed by atoms with Crippen LogP contribution < -0.4 is 5.73 Å². The average molecular weight is 319 g/mol. The molecule has 2 N–H and O–H groups in total. The highest BCUT2D eigenvalue weighted by Crippen LogP contribution is 2.28. The van der Waals surface area contributed by atoms with Crippen LogP contribution in [0.15, 0.2) is 39.3 Å². The molecule has 14 heavy (non-hydrogen) atoms. The van der Waals surface area contributed by atoms with Crippen LogP contribution in [0.3, 0.4) is 0 Å². The van der Waals surface area contributed by atoms with E-state index >= 15 is 0 Å². The second kappa shape index (κ2) is 5.10. The van der Waals surface area contributed by atoms with Crippen molar-refractivity contribution < 1.29 is 0 Å². The summed E-state index contributed by atoms with van der Waals surface area (Å²) >= 11 is 6.92. The number of hydrogen-bond acceptors (Lipinski definition) is 1. The first-order valence-electron chi connectivity index (χ1n) is 4.35. The Kier molecular flexibility index (Phi) is 4.35. The molecule has 0 spiro atoms. The Morgan fingerprint density at radius 3 is 2.71 bits per heavy atom. The van der Waals surface area contributed by atoms with Gasteiger partial charge in [0.2, 0.25) is 0 Å². The van der Waals surface area contributed by atoms with Crippen molar-refractivity contribution in [2.45, 2.75) is 19.4 Å². The highest BCUT2D eigenvalue weighted by molar-refractivity contribution is 9.11. The van der Waals surface area contributed by atoms with Gasteiger partial charge >= 0.3 is 0 Å². The molecule has 0 amide bonds. The van der Waals surface area contributed by atoms with Gasteiger partial charge in [-0.2, -0.15) is 0 Å². The van der Waals surface area contributed by atoms with Crippen molar-refractivity contribution in [3.8, 4) is 0 Å². The van der Waals surface area contributed by atoms with E-state index in [1.807, 2.05) is 25.1 Å². The molecule has 0 aromatic heterocycles. The van der Waals surface area contributed by atoms with E-state index in [0.717, 1.165) is 26.5 Å². The smallest absolute Gasteiger partial charge is 0.0343 e. The van der Waals surface area contributed by atoms with Gasteiger partial charge in [-0.15, -0.1) is 6.58 Å². The molecule has 76 valence electrons. The Labute approximate surface area is 102 Å². The van der Waals surface area contributed by atoms with Crippen molar-refractivity contribution in [2.75, 3.05) is 0 Å². The molecule has 0 bridgehead atoms. The van der Waals surface area contributed by atoms with Crippen LogP contribution in [0.4, 0.5) is 0 Å². The summed E-state index contributed by atoms with van der Waals surface area (Å²) in [6.07, 6.45) is 0.815. The first-order chi connectivity index (χ1) is 6.50. The number of benzene rings is 1. The first-order valence-corrected chi connectivity index (χ1v) is 5.94. The van der Waals surface area contributed by atoms with E-state index in [0.29, 0.717) is 0 Å². The Bertz CT molecular complexity index is 347.